The number of nitrogens with zero attached hydrogens (tertiary/aromatic N) is 6. The normalized spacial score (nSPS) is 11.0. The number of nitrogens with one attached hydrogen (secondary N) is 1. The molecule has 0 radical (unpaired) electrons. The molecule has 0 saturated heterocycles. The molecule has 1 amide bonds. The molecule has 0 saturated carbocycles. The van der Waals surface area contributed by atoms with Crippen LogP contribution in [0.5, 0.6) is 0 Å². The van der Waals surface area contributed by atoms with Crippen molar-refractivity contribution in [3.05, 3.63) is 66.1 Å². The van der Waals surface area contributed by atoms with E-state index in [1.807, 2.05) is 37.4 Å². The van der Waals surface area contributed by atoms with E-state index in [9.17, 15) is 4.79 Å². The van der Waals surface area contributed by atoms with Gasteiger partial charge in [0.05, 0.1) is 5.52 Å². The van der Waals surface area contributed by atoms with E-state index in [2.05, 4.69) is 25.7 Å². The summed E-state index contributed by atoms with van der Waals surface area (Å²) in [4.78, 5) is 16.7. The SMILES string of the molecule is CCn1nnc2cc(C(=O)NCc3ccc(-n4cccn4)nc3)ccc21. The first-order chi connectivity index (χ1) is 12.7. The quantitative estimate of drug-likeness (QED) is 0.596. The van der Waals surface area contributed by atoms with Gasteiger partial charge >= 0.3 is 0 Å². The molecule has 8 nitrogen and oxygen atoms in total. The first kappa shape index (κ1) is 15.9. The predicted octanol–water partition coefficient (Wildman–Crippen LogP) is 1.96. The second kappa shape index (κ2) is 6.75. The van der Waals surface area contributed by atoms with Crippen molar-refractivity contribution in [2.45, 2.75) is 20.0 Å². The fourth-order valence-corrected chi connectivity index (χ4v) is 2.69. The predicted molar refractivity (Wildman–Crippen MR) is 95.7 cm³/mol. The maximum absolute atomic E-state index is 12.4. The van der Waals surface area contributed by atoms with Crippen molar-refractivity contribution in [2.75, 3.05) is 0 Å². The summed E-state index contributed by atoms with van der Waals surface area (Å²) in [6.45, 7) is 3.13. The van der Waals surface area contributed by atoms with Crippen molar-refractivity contribution in [2.24, 2.45) is 0 Å². The molecule has 4 rings (SSSR count). The number of aromatic nitrogens is 6. The van der Waals surface area contributed by atoms with Gasteiger partial charge in [-0.25, -0.2) is 14.3 Å². The number of hydrogen-bond donors (Lipinski definition) is 1. The molecular weight excluding hydrogens is 330 g/mol. The summed E-state index contributed by atoms with van der Waals surface area (Å²) >= 11 is 0. The zero-order chi connectivity index (χ0) is 17.9. The number of rotatable bonds is 5. The van der Waals surface area contributed by atoms with Gasteiger partial charge in [0.15, 0.2) is 5.82 Å². The summed E-state index contributed by atoms with van der Waals surface area (Å²) in [5.74, 6) is 0.573. The number of fused-ring (bicyclic) bond motifs is 1. The Labute approximate surface area is 149 Å². The van der Waals surface area contributed by atoms with E-state index in [1.54, 1.807) is 33.9 Å². The fourth-order valence-electron chi connectivity index (χ4n) is 2.69. The van der Waals surface area contributed by atoms with E-state index in [0.717, 1.165) is 23.4 Å². The van der Waals surface area contributed by atoms with Gasteiger partial charge in [-0.1, -0.05) is 11.3 Å². The number of amides is 1. The van der Waals surface area contributed by atoms with Crippen molar-refractivity contribution in [3.8, 4) is 5.82 Å². The van der Waals surface area contributed by atoms with Crippen LogP contribution in [-0.4, -0.2) is 35.7 Å². The molecule has 3 heterocycles. The second-order valence-electron chi connectivity index (χ2n) is 5.77. The van der Waals surface area contributed by atoms with Crippen molar-refractivity contribution in [1.82, 2.24) is 35.1 Å². The van der Waals surface area contributed by atoms with Crippen LogP contribution in [0.4, 0.5) is 0 Å². The van der Waals surface area contributed by atoms with Crippen LogP contribution in [0.25, 0.3) is 16.9 Å². The van der Waals surface area contributed by atoms with Gasteiger partial charge in [-0.05, 0) is 42.8 Å². The Hall–Kier alpha value is -3.55. The molecule has 3 aromatic heterocycles. The molecule has 1 N–H and O–H groups in total. The van der Waals surface area contributed by atoms with Crippen LogP contribution in [-0.2, 0) is 13.1 Å². The van der Waals surface area contributed by atoms with E-state index in [1.165, 1.54) is 0 Å². The molecular formula is C18H17N7O. The minimum absolute atomic E-state index is 0.158. The van der Waals surface area contributed by atoms with Gasteiger partial charge in [0.1, 0.15) is 5.52 Å². The van der Waals surface area contributed by atoms with Crippen LogP contribution in [0, 0.1) is 0 Å². The number of hydrogen-bond acceptors (Lipinski definition) is 5. The van der Waals surface area contributed by atoms with Gasteiger partial charge in [-0.2, -0.15) is 5.10 Å². The van der Waals surface area contributed by atoms with E-state index in [-0.39, 0.29) is 5.91 Å². The van der Waals surface area contributed by atoms with Crippen molar-refractivity contribution < 1.29 is 4.79 Å². The van der Waals surface area contributed by atoms with Gasteiger partial charge in [0, 0.05) is 37.2 Å². The van der Waals surface area contributed by atoms with Crippen LogP contribution in [0.2, 0.25) is 0 Å². The highest BCUT2D eigenvalue weighted by Crippen LogP contribution is 2.13. The molecule has 0 spiro atoms. The Morgan fingerprint density at radius 2 is 2.15 bits per heavy atom. The average Bonchev–Trinajstić information content (AvgIpc) is 3.35. The first-order valence-electron chi connectivity index (χ1n) is 8.31. The van der Waals surface area contributed by atoms with Gasteiger partial charge in [-0.3, -0.25) is 4.79 Å². The van der Waals surface area contributed by atoms with Gasteiger partial charge in [-0.15, -0.1) is 5.10 Å². The smallest absolute Gasteiger partial charge is 0.251 e. The standard InChI is InChI=1S/C18H17N7O/c1-2-24-16-6-5-14(10-15(16)22-23-24)18(26)20-12-13-4-7-17(19-11-13)25-9-3-8-21-25/h3-11H,2,12H2,1H3,(H,20,26). The van der Waals surface area contributed by atoms with Crippen LogP contribution in [0.1, 0.15) is 22.8 Å². The monoisotopic (exact) mass is 347 g/mol. The molecule has 0 aliphatic carbocycles. The molecule has 0 bridgehead atoms. The topological polar surface area (TPSA) is 90.5 Å². The first-order valence-corrected chi connectivity index (χ1v) is 8.31. The maximum atomic E-state index is 12.4. The molecule has 8 heteroatoms. The third kappa shape index (κ3) is 3.04. The number of aryl methyl sites for hydroxylation is 1. The summed E-state index contributed by atoms with van der Waals surface area (Å²) in [5, 5.41) is 15.2. The molecule has 0 unspecified atom stereocenters. The summed E-state index contributed by atoms with van der Waals surface area (Å²) < 4.78 is 3.48. The zero-order valence-electron chi connectivity index (χ0n) is 14.2. The molecule has 26 heavy (non-hydrogen) atoms. The highest BCUT2D eigenvalue weighted by molar-refractivity contribution is 5.97. The summed E-state index contributed by atoms with van der Waals surface area (Å²) in [5.41, 5.74) is 3.10. The van der Waals surface area contributed by atoms with Crippen LogP contribution in [0.3, 0.4) is 0 Å². The minimum Gasteiger partial charge on any atom is -0.348 e. The third-order valence-electron chi connectivity index (χ3n) is 4.08. The lowest BCUT2D eigenvalue weighted by molar-refractivity contribution is 0.0951. The molecule has 1 aromatic carbocycles. The molecule has 130 valence electrons. The molecule has 0 aliphatic heterocycles. The fraction of sp³-hybridized carbons (Fsp3) is 0.167. The van der Waals surface area contributed by atoms with Crippen LogP contribution < -0.4 is 5.32 Å². The molecule has 0 atom stereocenters. The van der Waals surface area contributed by atoms with Crippen molar-refractivity contribution in [1.29, 1.82) is 0 Å². The van der Waals surface area contributed by atoms with Gasteiger partial charge in [0.25, 0.3) is 5.91 Å². The Kier molecular flexibility index (Phi) is 4.14. The lowest BCUT2D eigenvalue weighted by Crippen LogP contribution is -2.22. The molecule has 4 aromatic rings. The number of pyridine rings is 1. The maximum Gasteiger partial charge on any atom is 0.251 e. The Morgan fingerprint density at radius 1 is 1.23 bits per heavy atom. The number of carbonyl (C=O) groups is 1. The lowest BCUT2D eigenvalue weighted by Gasteiger charge is -2.06. The Morgan fingerprint density at radius 3 is 2.88 bits per heavy atom. The summed E-state index contributed by atoms with van der Waals surface area (Å²) in [6, 6.07) is 11.0. The Balaban J connectivity index is 1.43. The van der Waals surface area contributed by atoms with Crippen molar-refractivity contribution in [3.63, 3.8) is 0 Å². The highest BCUT2D eigenvalue weighted by atomic mass is 16.1. The summed E-state index contributed by atoms with van der Waals surface area (Å²) in [6.07, 6.45) is 5.26. The third-order valence-corrected chi connectivity index (χ3v) is 4.08. The largest absolute Gasteiger partial charge is 0.348 e. The second-order valence-corrected chi connectivity index (χ2v) is 5.77. The van der Waals surface area contributed by atoms with E-state index in [0.29, 0.717) is 17.6 Å². The summed E-state index contributed by atoms with van der Waals surface area (Å²) in [7, 11) is 0. The van der Waals surface area contributed by atoms with Crippen molar-refractivity contribution >= 4 is 16.9 Å². The Bertz CT molecular complexity index is 1040. The average molecular weight is 347 g/mol. The van der Waals surface area contributed by atoms with Gasteiger partial charge < -0.3 is 5.32 Å². The van der Waals surface area contributed by atoms with E-state index >= 15 is 0 Å². The van der Waals surface area contributed by atoms with Crippen LogP contribution >= 0.6 is 0 Å². The van der Waals surface area contributed by atoms with Crippen LogP contribution in [0.15, 0.2) is 55.0 Å². The number of carbonyl (C=O) groups excluding carboxylic acids is 1. The zero-order valence-corrected chi connectivity index (χ0v) is 14.2. The van der Waals surface area contributed by atoms with E-state index in [4.69, 9.17) is 0 Å². The van der Waals surface area contributed by atoms with E-state index < -0.39 is 0 Å². The minimum atomic E-state index is -0.158. The molecule has 0 aliphatic rings. The molecule has 0 fully saturated rings. The van der Waals surface area contributed by atoms with Gasteiger partial charge in [0.2, 0.25) is 0 Å². The lowest BCUT2D eigenvalue weighted by atomic mass is 10.2. The number of benzene rings is 1. The highest BCUT2D eigenvalue weighted by Gasteiger charge is 2.10.